The number of hydrogen-bond donors (Lipinski definition) is 1. The quantitative estimate of drug-likeness (QED) is 0.800. The van der Waals surface area contributed by atoms with Crippen LogP contribution in [0.1, 0.15) is 12.0 Å². The molecule has 1 saturated heterocycles. The van der Waals surface area contributed by atoms with Gasteiger partial charge in [-0.05, 0) is 5.56 Å². The molecule has 1 atom stereocenters. The second-order valence-electron chi connectivity index (χ2n) is 4.22. The molecule has 1 unspecified atom stereocenters. The summed E-state index contributed by atoms with van der Waals surface area (Å²) < 4.78 is 5.42. The lowest BCUT2D eigenvalue weighted by Crippen LogP contribution is -2.41. The Morgan fingerprint density at radius 2 is 2.21 bits per heavy atom. The molecule has 1 fully saturated rings. The Labute approximate surface area is 112 Å². The molecule has 1 aliphatic rings. The third kappa shape index (κ3) is 3.66. The minimum absolute atomic E-state index is 0.0393. The summed E-state index contributed by atoms with van der Waals surface area (Å²) in [4.78, 5) is 16.6. The fourth-order valence-electron chi connectivity index (χ4n) is 1.95. The molecular formula is C14H17NO4. The Kier molecular flexibility index (Phi) is 5.12. The van der Waals surface area contributed by atoms with Crippen molar-refractivity contribution in [3.05, 3.63) is 41.6 Å². The van der Waals surface area contributed by atoms with Crippen LogP contribution in [-0.4, -0.2) is 42.0 Å². The Hall–Kier alpha value is -1.65. The molecule has 1 heterocycles. The number of aliphatic hydroxyl groups excluding tert-OH is 1. The highest BCUT2D eigenvalue weighted by Crippen LogP contribution is 2.19. The molecule has 0 bridgehead atoms. The minimum Gasteiger partial charge on any atom is -0.396 e. The lowest BCUT2D eigenvalue weighted by Gasteiger charge is -2.33. The Bertz CT molecular complexity index is 440. The Morgan fingerprint density at radius 1 is 1.42 bits per heavy atom. The summed E-state index contributed by atoms with van der Waals surface area (Å²) in [7, 11) is 0. The zero-order chi connectivity index (χ0) is 13.5. The standard InChI is InChI=1S/C14H17NO4/c16-8-6-14-13(10-17)15(7-9-18-14)19-11-12-4-2-1-3-5-12/h1-5,14,16H,6-9,11H2. The van der Waals surface area contributed by atoms with Gasteiger partial charge in [0.25, 0.3) is 0 Å². The van der Waals surface area contributed by atoms with Crippen LogP contribution in [0.5, 0.6) is 0 Å². The maximum absolute atomic E-state index is 11.0. The third-order valence-corrected chi connectivity index (χ3v) is 2.91. The minimum atomic E-state index is -0.438. The number of hydroxylamine groups is 2. The molecule has 0 aromatic heterocycles. The summed E-state index contributed by atoms with van der Waals surface area (Å²) in [5, 5.41) is 10.5. The second-order valence-corrected chi connectivity index (χ2v) is 4.22. The molecule has 102 valence electrons. The maximum Gasteiger partial charge on any atom is 0.153 e. The van der Waals surface area contributed by atoms with Gasteiger partial charge in [-0.3, -0.25) is 4.84 Å². The van der Waals surface area contributed by atoms with Crippen molar-refractivity contribution in [3.8, 4) is 0 Å². The van der Waals surface area contributed by atoms with E-state index < -0.39 is 6.10 Å². The Morgan fingerprint density at radius 3 is 2.89 bits per heavy atom. The van der Waals surface area contributed by atoms with Crippen molar-refractivity contribution in [2.24, 2.45) is 0 Å². The van der Waals surface area contributed by atoms with Gasteiger partial charge in [-0.25, -0.2) is 9.86 Å². The van der Waals surface area contributed by atoms with E-state index in [0.717, 1.165) is 5.56 Å². The number of carbonyl (C=O) groups excluding carboxylic acids is 1. The SMILES string of the molecule is O=C=C1C(CCO)OCCN1OCc1ccccc1. The highest BCUT2D eigenvalue weighted by Gasteiger charge is 2.27. The molecule has 0 saturated carbocycles. The first-order chi connectivity index (χ1) is 9.35. The van der Waals surface area contributed by atoms with E-state index >= 15 is 0 Å². The number of morpholine rings is 1. The first-order valence-electron chi connectivity index (χ1n) is 6.27. The first kappa shape index (κ1) is 13.8. The van der Waals surface area contributed by atoms with E-state index in [0.29, 0.717) is 31.9 Å². The topological polar surface area (TPSA) is 59.0 Å². The van der Waals surface area contributed by atoms with E-state index in [1.807, 2.05) is 36.3 Å². The van der Waals surface area contributed by atoms with E-state index in [2.05, 4.69) is 0 Å². The molecule has 1 aliphatic heterocycles. The summed E-state index contributed by atoms with van der Waals surface area (Å²) in [6.45, 7) is 1.30. The van der Waals surface area contributed by atoms with Crippen LogP contribution < -0.4 is 0 Å². The lowest BCUT2D eigenvalue weighted by molar-refractivity contribution is -0.187. The normalized spacial score (nSPS) is 19.3. The van der Waals surface area contributed by atoms with Crippen LogP contribution in [0.2, 0.25) is 0 Å². The molecule has 1 aromatic rings. The number of benzene rings is 1. The van der Waals surface area contributed by atoms with E-state index in [1.54, 1.807) is 0 Å². The van der Waals surface area contributed by atoms with Gasteiger partial charge in [0.1, 0.15) is 6.10 Å². The number of rotatable bonds is 5. The smallest absolute Gasteiger partial charge is 0.153 e. The zero-order valence-corrected chi connectivity index (χ0v) is 10.6. The molecule has 0 radical (unpaired) electrons. The molecule has 2 rings (SSSR count). The van der Waals surface area contributed by atoms with Crippen molar-refractivity contribution in [1.29, 1.82) is 0 Å². The molecule has 0 spiro atoms. The number of aliphatic hydroxyl groups is 1. The van der Waals surface area contributed by atoms with Crippen LogP contribution in [0.15, 0.2) is 36.0 Å². The summed E-state index contributed by atoms with van der Waals surface area (Å²) in [6, 6.07) is 9.71. The van der Waals surface area contributed by atoms with Crippen LogP contribution >= 0.6 is 0 Å². The van der Waals surface area contributed by atoms with Gasteiger partial charge in [0, 0.05) is 13.0 Å². The van der Waals surface area contributed by atoms with Crippen LogP contribution in [0.3, 0.4) is 0 Å². The third-order valence-electron chi connectivity index (χ3n) is 2.91. The van der Waals surface area contributed by atoms with Crippen molar-refractivity contribution in [2.45, 2.75) is 19.1 Å². The van der Waals surface area contributed by atoms with E-state index in [9.17, 15) is 4.79 Å². The number of nitrogens with zero attached hydrogens (tertiary/aromatic N) is 1. The maximum atomic E-state index is 11.0. The van der Waals surface area contributed by atoms with Crippen LogP contribution in [0, 0.1) is 0 Å². The molecule has 5 nitrogen and oxygen atoms in total. The molecule has 19 heavy (non-hydrogen) atoms. The van der Waals surface area contributed by atoms with Gasteiger partial charge in [0.05, 0.1) is 19.8 Å². The summed E-state index contributed by atoms with van der Waals surface area (Å²) in [5.74, 6) is 1.86. The van der Waals surface area contributed by atoms with Crippen LogP contribution in [0.4, 0.5) is 0 Å². The van der Waals surface area contributed by atoms with Gasteiger partial charge >= 0.3 is 0 Å². The van der Waals surface area contributed by atoms with Gasteiger partial charge in [0.2, 0.25) is 0 Å². The van der Waals surface area contributed by atoms with Gasteiger partial charge in [-0.15, -0.1) is 0 Å². The van der Waals surface area contributed by atoms with Crippen molar-refractivity contribution in [3.63, 3.8) is 0 Å². The Balaban J connectivity index is 1.97. The predicted octanol–water partition coefficient (Wildman–Crippen LogP) is 0.917. The fraction of sp³-hybridized carbons (Fsp3) is 0.429. The van der Waals surface area contributed by atoms with E-state index in [1.165, 1.54) is 5.06 Å². The molecule has 0 aliphatic carbocycles. The highest BCUT2D eigenvalue weighted by atomic mass is 16.7. The molecule has 1 aromatic carbocycles. The van der Waals surface area contributed by atoms with Crippen LogP contribution in [0.25, 0.3) is 0 Å². The summed E-state index contributed by atoms with van der Waals surface area (Å²) >= 11 is 0. The van der Waals surface area contributed by atoms with E-state index in [4.69, 9.17) is 14.7 Å². The largest absolute Gasteiger partial charge is 0.396 e. The average molecular weight is 263 g/mol. The van der Waals surface area contributed by atoms with Crippen LogP contribution in [-0.2, 0) is 21.0 Å². The van der Waals surface area contributed by atoms with Gasteiger partial charge in [-0.2, -0.15) is 0 Å². The van der Waals surface area contributed by atoms with Gasteiger partial charge < -0.3 is 9.84 Å². The predicted molar refractivity (Wildman–Crippen MR) is 68.6 cm³/mol. The van der Waals surface area contributed by atoms with Gasteiger partial charge in [0.15, 0.2) is 11.6 Å². The van der Waals surface area contributed by atoms with Crippen molar-refractivity contribution < 1.29 is 19.5 Å². The fourth-order valence-corrected chi connectivity index (χ4v) is 1.95. The molecule has 0 amide bonds. The average Bonchev–Trinajstić information content (AvgIpc) is 2.46. The summed E-state index contributed by atoms with van der Waals surface area (Å²) in [6.07, 6.45) is -0.0671. The highest BCUT2D eigenvalue weighted by molar-refractivity contribution is 5.53. The van der Waals surface area contributed by atoms with Gasteiger partial charge in [-0.1, -0.05) is 30.3 Å². The second kappa shape index (κ2) is 7.07. The number of hydrogen-bond acceptors (Lipinski definition) is 5. The molecular weight excluding hydrogens is 246 g/mol. The van der Waals surface area contributed by atoms with E-state index in [-0.39, 0.29) is 6.61 Å². The zero-order valence-electron chi connectivity index (χ0n) is 10.6. The van der Waals surface area contributed by atoms with Crippen molar-refractivity contribution in [1.82, 2.24) is 5.06 Å². The monoisotopic (exact) mass is 263 g/mol. The summed E-state index contributed by atoms with van der Waals surface area (Å²) in [5.41, 5.74) is 1.34. The molecule has 1 N–H and O–H groups in total. The lowest BCUT2D eigenvalue weighted by atomic mass is 10.2. The number of ether oxygens (including phenoxy) is 1. The van der Waals surface area contributed by atoms with Crippen molar-refractivity contribution >= 4 is 5.94 Å². The first-order valence-corrected chi connectivity index (χ1v) is 6.27. The molecule has 5 heteroatoms. The van der Waals surface area contributed by atoms with Crippen molar-refractivity contribution in [2.75, 3.05) is 19.8 Å².